The fraction of sp³-hybridized carbons (Fsp3) is 0.500. The molecule has 4 rings (SSSR count). The molecule has 2 heterocycles. The first kappa shape index (κ1) is 25.2. The van der Waals surface area contributed by atoms with Crippen LogP contribution < -0.4 is 4.90 Å². The van der Waals surface area contributed by atoms with Crippen molar-refractivity contribution in [1.29, 1.82) is 0 Å². The van der Waals surface area contributed by atoms with Crippen LogP contribution in [0.1, 0.15) is 49.8 Å². The number of carbonyl (C=O) groups is 1. The smallest absolute Gasteiger partial charge is 0.361 e. The third kappa shape index (κ3) is 5.67. The second-order valence-corrected chi connectivity index (χ2v) is 10.3. The Labute approximate surface area is 209 Å². The highest BCUT2D eigenvalue weighted by Crippen LogP contribution is 2.38. The highest BCUT2D eigenvalue weighted by atomic mass is 79.9. The van der Waals surface area contributed by atoms with Crippen molar-refractivity contribution in [2.45, 2.75) is 63.8 Å². The van der Waals surface area contributed by atoms with Crippen molar-refractivity contribution in [1.82, 2.24) is 9.88 Å². The van der Waals surface area contributed by atoms with Crippen molar-refractivity contribution in [2.24, 2.45) is 5.92 Å². The molecule has 2 aliphatic rings. The Kier molecular flexibility index (Phi) is 7.72. The zero-order valence-corrected chi connectivity index (χ0v) is 20.8. The van der Waals surface area contributed by atoms with Gasteiger partial charge in [0, 0.05) is 35.4 Å². The molecule has 1 atom stereocenters. The number of anilines is 1. The Bertz CT molecular complexity index is 1050. The van der Waals surface area contributed by atoms with Crippen LogP contribution in [0.4, 0.5) is 23.2 Å². The van der Waals surface area contributed by atoms with Gasteiger partial charge < -0.3 is 9.80 Å². The van der Waals surface area contributed by atoms with E-state index in [1.165, 1.54) is 12.8 Å². The minimum absolute atomic E-state index is 0.0849. The largest absolute Gasteiger partial charge is 0.471 e. The molecule has 1 aliphatic carbocycles. The van der Waals surface area contributed by atoms with Gasteiger partial charge in [-0.3, -0.25) is 9.78 Å². The third-order valence-electron chi connectivity index (χ3n) is 6.73. The summed E-state index contributed by atoms with van der Waals surface area (Å²) < 4.78 is 54.3. The summed E-state index contributed by atoms with van der Waals surface area (Å²) in [7, 11) is 0. The van der Waals surface area contributed by atoms with E-state index in [9.17, 15) is 22.4 Å². The molecule has 0 bridgehead atoms. The minimum Gasteiger partial charge on any atom is -0.361 e. The van der Waals surface area contributed by atoms with E-state index in [4.69, 9.17) is 11.6 Å². The maximum absolute atomic E-state index is 13.8. The average molecular weight is 563 g/mol. The zero-order valence-electron chi connectivity index (χ0n) is 18.4. The Morgan fingerprint density at radius 3 is 2.62 bits per heavy atom. The number of nitrogens with zero attached hydrogens (tertiary/aromatic N) is 3. The molecule has 34 heavy (non-hydrogen) atoms. The summed E-state index contributed by atoms with van der Waals surface area (Å²) >= 11 is 9.60. The zero-order chi connectivity index (χ0) is 24.5. The first-order chi connectivity index (χ1) is 16.1. The topological polar surface area (TPSA) is 36.4 Å². The molecule has 0 radical (unpaired) electrons. The molecule has 1 fully saturated rings. The Morgan fingerprint density at radius 2 is 1.94 bits per heavy atom. The molecule has 0 spiro atoms. The number of rotatable bonds is 5. The molecule has 0 saturated heterocycles. The molecule has 1 aromatic heterocycles. The lowest BCUT2D eigenvalue weighted by molar-refractivity contribution is -0.186. The molecule has 10 heteroatoms. The van der Waals surface area contributed by atoms with Crippen LogP contribution in [-0.2, 0) is 17.9 Å². The molecular formula is C24H25BrClF4N3O. The van der Waals surface area contributed by atoms with Crippen molar-refractivity contribution >= 4 is 39.1 Å². The number of pyridine rings is 1. The lowest BCUT2D eigenvalue weighted by Gasteiger charge is -2.35. The molecule has 1 unspecified atom stereocenters. The lowest BCUT2D eigenvalue weighted by Crippen LogP contribution is -2.47. The monoisotopic (exact) mass is 561 g/mol. The van der Waals surface area contributed by atoms with E-state index in [1.54, 1.807) is 18.2 Å². The van der Waals surface area contributed by atoms with Crippen molar-refractivity contribution in [3.63, 3.8) is 0 Å². The molecule has 0 N–H and O–H groups in total. The van der Waals surface area contributed by atoms with E-state index in [2.05, 4.69) is 20.9 Å². The fourth-order valence-electron chi connectivity index (χ4n) is 5.02. The normalized spacial score (nSPS) is 19.3. The van der Waals surface area contributed by atoms with Gasteiger partial charge in [-0.2, -0.15) is 13.2 Å². The summed E-state index contributed by atoms with van der Waals surface area (Å²) in [5.74, 6) is -1.83. The van der Waals surface area contributed by atoms with E-state index in [0.717, 1.165) is 30.4 Å². The maximum atomic E-state index is 13.8. The number of alkyl halides is 3. The van der Waals surface area contributed by atoms with Crippen molar-refractivity contribution < 1.29 is 22.4 Å². The standard InChI is InChI=1S/C24H25BrClF4N3O/c25-19-10-16(31-11-21(19)27)12-33-17(9-8-15-4-1-2-5-15)13-32(23(34)24(28,29)30)14-18-20(26)6-3-7-22(18)33/h3,6-7,10-11,15,17H,1-2,4-5,8-9,12-14H2. The van der Waals surface area contributed by atoms with Gasteiger partial charge in [0.1, 0.15) is 0 Å². The van der Waals surface area contributed by atoms with Crippen molar-refractivity contribution in [3.05, 3.63) is 57.0 Å². The number of amides is 1. The number of benzene rings is 1. The van der Waals surface area contributed by atoms with Crippen LogP contribution >= 0.6 is 27.5 Å². The predicted octanol–water partition coefficient (Wildman–Crippen LogP) is 6.89. The van der Waals surface area contributed by atoms with Crippen LogP contribution in [0.25, 0.3) is 0 Å². The van der Waals surface area contributed by atoms with Crippen LogP contribution in [0.3, 0.4) is 0 Å². The lowest BCUT2D eigenvalue weighted by atomic mass is 9.97. The molecule has 2 aromatic rings. The van der Waals surface area contributed by atoms with Crippen LogP contribution in [0.15, 0.2) is 34.9 Å². The second kappa shape index (κ2) is 10.4. The molecule has 1 aromatic carbocycles. The summed E-state index contributed by atoms with van der Waals surface area (Å²) in [5.41, 5.74) is 1.69. The van der Waals surface area contributed by atoms with Gasteiger partial charge in [-0.15, -0.1) is 0 Å². The number of halogens is 6. The maximum Gasteiger partial charge on any atom is 0.471 e. The van der Waals surface area contributed by atoms with Gasteiger partial charge in [0.25, 0.3) is 0 Å². The van der Waals surface area contributed by atoms with Gasteiger partial charge >= 0.3 is 12.1 Å². The number of hydrogen-bond donors (Lipinski definition) is 0. The molecule has 184 valence electrons. The minimum atomic E-state index is -4.98. The van der Waals surface area contributed by atoms with E-state index in [-0.39, 0.29) is 30.1 Å². The van der Waals surface area contributed by atoms with Crippen LogP contribution in [0, 0.1) is 11.7 Å². The number of carbonyl (C=O) groups excluding carboxylic acids is 1. The summed E-state index contributed by atoms with van der Waals surface area (Å²) in [5, 5.41) is 0.298. The molecular weight excluding hydrogens is 538 g/mol. The molecule has 1 amide bonds. The summed E-state index contributed by atoms with van der Waals surface area (Å²) in [4.78, 5) is 19.3. The van der Waals surface area contributed by atoms with E-state index in [0.29, 0.717) is 34.3 Å². The van der Waals surface area contributed by atoms with Gasteiger partial charge in [0.05, 0.1) is 22.9 Å². The Balaban J connectivity index is 1.73. The number of aromatic nitrogens is 1. The van der Waals surface area contributed by atoms with Gasteiger partial charge in [-0.05, 0) is 52.9 Å². The first-order valence-corrected chi connectivity index (χ1v) is 12.5. The predicted molar refractivity (Wildman–Crippen MR) is 126 cm³/mol. The highest BCUT2D eigenvalue weighted by molar-refractivity contribution is 9.10. The van der Waals surface area contributed by atoms with E-state index < -0.39 is 17.9 Å². The molecule has 1 saturated carbocycles. The molecule has 4 nitrogen and oxygen atoms in total. The SMILES string of the molecule is O=C(N1Cc2c(Cl)cccc2N(Cc2cc(Br)c(F)cn2)C(CCC2CCCC2)C1)C(F)(F)F. The fourth-order valence-corrected chi connectivity index (χ4v) is 5.61. The van der Waals surface area contributed by atoms with Gasteiger partial charge in [0.15, 0.2) is 5.82 Å². The first-order valence-electron chi connectivity index (χ1n) is 11.3. The third-order valence-corrected chi connectivity index (χ3v) is 7.70. The number of fused-ring (bicyclic) bond motifs is 1. The highest BCUT2D eigenvalue weighted by Gasteiger charge is 2.45. The van der Waals surface area contributed by atoms with E-state index in [1.807, 2.05) is 11.0 Å². The molecule has 1 aliphatic heterocycles. The summed E-state index contributed by atoms with van der Waals surface area (Å²) in [6.07, 6.45) is 2.21. The van der Waals surface area contributed by atoms with Crippen LogP contribution in [0.5, 0.6) is 0 Å². The van der Waals surface area contributed by atoms with Crippen molar-refractivity contribution in [2.75, 3.05) is 11.4 Å². The summed E-state index contributed by atoms with van der Waals surface area (Å²) in [6, 6.07) is 6.36. The van der Waals surface area contributed by atoms with Gasteiger partial charge in [-0.1, -0.05) is 43.4 Å². The average Bonchev–Trinajstić information content (AvgIpc) is 3.25. The van der Waals surface area contributed by atoms with Crippen molar-refractivity contribution in [3.8, 4) is 0 Å². The Hall–Kier alpha value is -1.87. The van der Waals surface area contributed by atoms with Gasteiger partial charge in [0.2, 0.25) is 0 Å². The van der Waals surface area contributed by atoms with E-state index >= 15 is 0 Å². The Morgan fingerprint density at radius 1 is 1.21 bits per heavy atom. The second-order valence-electron chi connectivity index (χ2n) is 9.02. The number of hydrogen-bond acceptors (Lipinski definition) is 3. The van der Waals surface area contributed by atoms with Gasteiger partial charge in [-0.25, -0.2) is 4.39 Å². The quantitative estimate of drug-likeness (QED) is 0.373. The summed E-state index contributed by atoms with van der Waals surface area (Å²) in [6.45, 7) is -0.0711. The van der Waals surface area contributed by atoms with Crippen LogP contribution in [-0.4, -0.2) is 34.6 Å². The van der Waals surface area contributed by atoms with Crippen LogP contribution in [0.2, 0.25) is 5.02 Å².